The second kappa shape index (κ2) is 9.61. The maximum Gasteiger partial charge on any atom is 0.255 e. The van der Waals surface area contributed by atoms with E-state index in [0.717, 1.165) is 35.7 Å². The first-order chi connectivity index (χ1) is 18.1. The number of anilines is 1. The standard InChI is InChI=1S/C29H27N3O5/c33-27-13-12-24(28(34)30-27)32-17-22-21(29(32)35)4-3-7-25(22)37-18-20-10-8-19(9-11-20)16-31-14-15-36-26-6-2-1-5-23(26)31/h1-11,24H,12-18H2,(H,30,33,34). The molecule has 8 nitrogen and oxygen atoms in total. The topological polar surface area (TPSA) is 88.2 Å². The number of hydrogen-bond donors (Lipinski definition) is 1. The minimum Gasteiger partial charge on any atom is -0.490 e. The molecule has 3 heterocycles. The van der Waals surface area contributed by atoms with E-state index in [0.29, 0.717) is 30.9 Å². The van der Waals surface area contributed by atoms with Gasteiger partial charge in [-0.3, -0.25) is 19.7 Å². The summed E-state index contributed by atoms with van der Waals surface area (Å²) in [6.45, 7) is 2.97. The van der Waals surface area contributed by atoms with Crippen molar-refractivity contribution in [1.82, 2.24) is 10.2 Å². The predicted octanol–water partition coefficient (Wildman–Crippen LogP) is 3.43. The maximum atomic E-state index is 13.0. The minimum atomic E-state index is -0.642. The number of carbonyl (C=O) groups is 3. The molecule has 3 aromatic carbocycles. The molecule has 1 atom stereocenters. The normalized spacial score (nSPS) is 18.7. The number of ether oxygens (including phenoxy) is 2. The Morgan fingerprint density at radius 1 is 0.946 bits per heavy atom. The van der Waals surface area contributed by atoms with Crippen molar-refractivity contribution in [1.29, 1.82) is 0 Å². The molecule has 6 rings (SSSR count). The molecular weight excluding hydrogens is 470 g/mol. The third-order valence-electron chi connectivity index (χ3n) is 7.15. The molecule has 0 spiro atoms. The van der Waals surface area contributed by atoms with Crippen LogP contribution in [0.4, 0.5) is 5.69 Å². The first-order valence-corrected chi connectivity index (χ1v) is 12.5. The third-order valence-corrected chi connectivity index (χ3v) is 7.15. The molecule has 37 heavy (non-hydrogen) atoms. The predicted molar refractivity (Wildman–Crippen MR) is 136 cm³/mol. The molecule has 3 aliphatic heterocycles. The van der Waals surface area contributed by atoms with Gasteiger partial charge in [-0.15, -0.1) is 0 Å². The van der Waals surface area contributed by atoms with Gasteiger partial charge in [-0.25, -0.2) is 0 Å². The van der Waals surface area contributed by atoms with Crippen LogP contribution in [0.5, 0.6) is 11.5 Å². The molecule has 0 saturated carbocycles. The second-order valence-electron chi connectivity index (χ2n) is 9.53. The van der Waals surface area contributed by atoms with Crippen molar-refractivity contribution in [2.24, 2.45) is 0 Å². The van der Waals surface area contributed by atoms with Gasteiger partial charge in [0.25, 0.3) is 5.91 Å². The lowest BCUT2D eigenvalue weighted by Gasteiger charge is -2.31. The number of piperidine rings is 1. The largest absolute Gasteiger partial charge is 0.490 e. The van der Waals surface area contributed by atoms with Crippen LogP contribution in [0.15, 0.2) is 66.7 Å². The van der Waals surface area contributed by atoms with Crippen LogP contribution in [0, 0.1) is 0 Å². The van der Waals surface area contributed by atoms with Gasteiger partial charge in [0, 0.05) is 24.1 Å². The van der Waals surface area contributed by atoms with Crippen molar-refractivity contribution in [2.45, 2.75) is 38.6 Å². The van der Waals surface area contributed by atoms with E-state index in [1.807, 2.05) is 24.3 Å². The monoisotopic (exact) mass is 497 g/mol. The molecule has 0 aromatic heterocycles. The molecule has 1 fully saturated rings. The van der Waals surface area contributed by atoms with Gasteiger partial charge >= 0.3 is 0 Å². The summed E-state index contributed by atoms with van der Waals surface area (Å²) in [5.41, 5.74) is 4.66. The van der Waals surface area contributed by atoms with Crippen LogP contribution in [-0.4, -0.2) is 41.8 Å². The molecule has 1 saturated heterocycles. The Kier molecular flexibility index (Phi) is 6.00. The quantitative estimate of drug-likeness (QED) is 0.525. The Labute approximate surface area is 214 Å². The average molecular weight is 498 g/mol. The summed E-state index contributed by atoms with van der Waals surface area (Å²) < 4.78 is 11.9. The molecule has 3 aromatic rings. The second-order valence-corrected chi connectivity index (χ2v) is 9.53. The zero-order chi connectivity index (χ0) is 25.4. The van der Waals surface area contributed by atoms with E-state index in [1.165, 1.54) is 10.5 Å². The fourth-order valence-corrected chi connectivity index (χ4v) is 5.21. The lowest BCUT2D eigenvalue weighted by Crippen LogP contribution is -2.52. The lowest BCUT2D eigenvalue weighted by molar-refractivity contribution is -0.136. The van der Waals surface area contributed by atoms with E-state index in [4.69, 9.17) is 9.47 Å². The van der Waals surface area contributed by atoms with Crippen molar-refractivity contribution in [2.75, 3.05) is 18.1 Å². The smallest absolute Gasteiger partial charge is 0.255 e. The van der Waals surface area contributed by atoms with E-state index in [9.17, 15) is 14.4 Å². The van der Waals surface area contributed by atoms with Gasteiger partial charge in [0.05, 0.1) is 18.8 Å². The molecule has 1 unspecified atom stereocenters. The summed E-state index contributed by atoms with van der Waals surface area (Å²) in [5.74, 6) is 0.637. The number of fused-ring (bicyclic) bond motifs is 2. The number of rotatable bonds is 6. The number of nitrogens with zero attached hydrogens (tertiary/aromatic N) is 2. The van der Waals surface area contributed by atoms with Gasteiger partial charge in [-0.1, -0.05) is 42.5 Å². The Morgan fingerprint density at radius 3 is 2.59 bits per heavy atom. The van der Waals surface area contributed by atoms with Crippen LogP contribution in [-0.2, 0) is 29.3 Å². The first-order valence-electron chi connectivity index (χ1n) is 12.5. The zero-order valence-corrected chi connectivity index (χ0v) is 20.3. The molecule has 1 N–H and O–H groups in total. The Balaban J connectivity index is 1.11. The molecule has 3 aliphatic rings. The van der Waals surface area contributed by atoms with E-state index in [1.54, 1.807) is 12.1 Å². The maximum absolute atomic E-state index is 13.0. The van der Waals surface area contributed by atoms with Crippen LogP contribution in [0.2, 0.25) is 0 Å². The number of benzene rings is 3. The van der Waals surface area contributed by atoms with Gasteiger partial charge in [0.15, 0.2) is 0 Å². The van der Waals surface area contributed by atoms with Gasteiger partial charge in [0.1, 0.15) is 30.8 Å². The summed E-state index contributed by atoms with van der Waals surface area (Å²) in [7, 11) is 0. The fourth-order valence-electron chi connectivity index (χ4n) is 5.21. The minimum absolute atomic E-state index is 0.205. The molecule has 3 amide bonds. The van der Waals surface area contributed by atoms with Crippen LogP contribution >= 0.6 is 0 Å². The first kappa shape index (κ1) is 23.1. The summed E-state index contributed by atoms with van der Waals surface area (Å²) in [6, 6.07) is 21.2. The van der Waals surface area contributed by atoms with Crippen molar-refractivity contribution >= 4 is 23.4 Å². The van der Waals surface area contributed by atoms with Gasteiger partial charge < -0.3 is 19.3 Å². The van der Waals surface area contributed by atoms with Crippen molar-refractivity contribution in [3.05, 3.63) is 89.0 Å². The summed E-state index contributed by atoms with van der Waals surface area (Å²) in [4.78, 5) is 40.7. The number of hydrogen-bond acceptors (Lipinski definition) is 6. The summed E-state index contributed by atoms with van der Waals surface area (Å²) in [5, 5.41) is 2.34. The zero-order valence-electron chi connectivity index (χ0n) is 20.3. The van der Waals surface area contributed by atoms with Crippen molar-refractivity contribution < 1.29 is 23.9 Å². The van der Waals surface area contributed by atoms with Crippen molar-refractivity contribution in [3.63, 3.8) is 0 Å². The van der Waals surface area contributed by atoms with Crippen LogP contribution in [0.3, 0.4) is 0 Å². The van der Waals surface area contributed by atoms with E-state index < -0.39 is 11.9 Å². The van der Waals surface area contributed by atoms with E-state index >= 15 is 0 Å². The third kappa shape index (κ3) is 4.50. The number of para-hydroxylation sites is 2. The highest BCUT2D eigenvalue weighted by atomic mass is 16.5. The number of carbonyl (C=O) groups excluding carboxylic acids is 3. The Hall–Kier alpha value is -4.33. The molecule has 0 bridgehead atoms. The van der Waals surface area contributed by atoms with Gasteiger partial charge in [0.2, 0.25) is 11.8 Å². The fraction of sp³-hybridized carbons (Fsp3) is 0.276. The van der Waals surface area contributed by atoms with Gasteiger partial charge in [-0.05, 0) is 41.8 Å². The number of amides is 3. The average Bonchev–Trinajstić information content (AvgIpc) is 3.25. The number of nitrogens with one attached hydrogen (secondary N) is 1. The molecule has 8 heteroatoms. The van der Waals surface area contributed by atoms with Crippen LogP contribution < -0.4 is 19.7 Å². The highest BCUT2D eigenvalue weighted by molar-refractivity contribution is 6.05. The van der Waals surface area contributed by atoms with Crippen LogP contribution in [0.25, 0.3) is 0 Å². The molecule has 0 aliphatic carbocycles. The summed E-state index contributed by atoms with van der Waals surface area (Å²) in [6.07, 6.45) is 0.566. The molecular formula is C29H27N3O5. The van der Waals surface area contributed by atoms with Crippen LogP contribution in [0.1, 0.15) is 39.9 Å². The highest BCUT2D eigenvalue weighted by Crippen LogP contribution is 2.34. The van der Waals surface area contributed by atoms with Gasteiger partial charge in [-0.2, -0.15) is 0 Å². The molecule has 188 valence electrons. The SMILES string of the molecule is O=C1CCC(N2Cc3c(OCc4ccc(CN5CCOc6ccccc65)cc4)cccc3C2=O)C(=O)N1. The Bertz CT molecular complexity index is 1370. The summed E-state index contributed by atoms with van der Waals surface area (Å²) >= 11 is 0. The Morgan fingerprint density at radius 2 is 1.76 bits per heavy atom. The number of imide groups is 1. The van der Waals surface area contributed by atoms with Crippen molar-refractivity contribution in [3.8, 4) is 11.5 Å². The highest BCUT2D eigenvalue weighted by Gasteiger charge is 2.40. The lowest BCUT2D eigenvalue weighted by atomic mass is 10.0. The molecule has 0 radical (unpaired) electrons. The van der Waals surface area contributed by atoms with E-state index in [2.05, 4.69) is 40.5 Å². The van der Waals surface area contributed by atoms with E-state index in [-0.39, 0.29) is 24.8 Å².